The minimum Gasteiger partial charge on any atom is -0.494 e. The molecule has 1 amide bonds. The van der Waals surface area contributed by atoms with Crippen molar-refractivity contribution in [3.8, 4) is 17.0 Å². The lowest BCUT2D eigenvalue weighted by Gasteiger charge is -2.24. The van der Waals surface area contributed by atoms with E-state index in [2.05, 4.69) is 32.2 Å². The second kappa shape index (κ2) is 10.9. The van der Waals surface area contributed by atoms with Crippen molar-refractivity contribution in [2.24, 2.45) is 0 Å². The number of halogens is 1. The zero-order valence-corrected chi connectivity index (χ0v) is 20.9. The lowest BCUT2D eigenvalue weighted by molar-refractivity contribution is 0.0296. The first kappa shape index (κ1) is 24.1. The highest BCUT2D eigenvalue weighted by Gasteiger charge is 2.19. The maximum Gasteiger partial charge on any atom is 0.410 e. The van der Waals surface area contributed by atoms with Crippen molar-refractivity contribution in [2.75, 3.05) is 20.2 Å². The Kier molecular flexibility index (Phi) is 8.18. The number of amides is 1. The van der Waals surface area contributed by atoms with Gasteiger partial charge in [0.2, 0.25) is 0 Å². The van der Waals surface area contributed by atoms with Crippen LogP contribution in [0.3, 0.4) is 0 Å². The summed E-state index contributed by atoms with van der Waals surface area (Å²) in [4.78, 5) is 13.6. The van der Waals surface area contributed by atoms with E-state index in [9.17, 15) is 4.79 Å². The topological polar surface area (TPSA) is 67.5 Å². The summed E-state index contributed by atoms with van der Waals surface area (Å²) >= 11 is 3.49. The van der Waals surface area contributed by atoms with Crippen molar-refractivity contribution < 1.29 is 14.3 Å². The molecule has 1 heterocycles. The van der Waals surface area contributed by atoms with Crippen molar-refractivity contribution in [1.82, 2.24) is 15.1 Å². The minimum atomic E-state index is -0.454. The number of hydrogen-bond acceptors (Lipinski definition) is 4. The van der Waals surface area contributed by atoms with Gasteiger partial charge in [0, 0.05) is 29.0 Å². The fourth-order valence-electron chi connectivity index (χ4n) is 3.35. The molecule has 0 saturated heterocycles. The third-order valence-corrected chi connectivity index (χ3v) is 5.51. The highest BCUT2D eigenvalue weighted by atomic mass is 79.9. The zero-order chi connectivity index (χ0) is 23.1. The van der Waals surface area contributed by atoms with Gasteiger partial charge in [-0.05, 0) is 76.1 Å². The third-order valence-electron chi connectivity index (χ3n) is 5.01. The highest BCUT2D eigenvalue weighted by Crippen LogP contribution is 2.29. The lowest BCUT2D eigenvalue weighted by Crippen LogP contribution is -2.34. The molecule has 0 bridgehead atoms. The lowest BCUT2D eigenvalue weighted by atomic mass is 10.1. The first-order valence-electron chi connectivity index (χ1n) is 11.0. The monoisotopic (exact) mass is 501 g/mol. The number of carbonyl (C=O) groups is 1. The van der Waals surface area contributed by atoms with Crippen LogP contribution in [0, 0.1) is 0 Å². The number of unbranched alkanes of at least 4 members (excludes halogenated alkanes) is 3. The summed E-state index contributed by atoms with van der Waals surface area (Å²) in [6.45, 7) is 7.02. The third kappa shape index (κ3) is 6.99. The first-order valence-corrected chi connectivity index (χ1v) is 11.8. The number of fused-ring (bicyclic) bond motifs is 1. The summed E-state index contributed by atoms with van der Waals surface area (Å²) < 4.78 is 12.3. The second-order valence-corrected chi connectivity index (χ2v) is 9.87. The van der Waals surface area contributed by atoms with E-state index in [-0.39, 0.29) is 6.09 Å². The molecule has 32 heavy (non-hydrogen) atoms. The Morgan fingerprint density at radius 3 is 2.50 bits per heavy atom. The fourth-order valence-corrected chi connectivity index (χ4v) is 3.71. The summed E-state index contributed by atoms with van der Waals surface area (Å²) in [5, 5.41) is 8.64. The molecule has 0 atom stereocenters. The van der Waals surface area contributed by atoms with Crippen LogP contribution < -0.4 is 4.74 Å². The van der Waals surface area contributed by atoms with Gasteiger partial charge < -0.3 is 14.4 Å². The average molecular weight is 502 g/mol. The first-order chi connectivity index (χ1) is 15.2. The summed E-state index contributed by atoms with van der Waals surface area (Å²) in [5.41, 5.74) is 2.55. The van der Waals surface area contributed by atoms with Crippen LogP contribution in [0.25, 0.3) is 22.2 Å². The van der Waals surface area contributed by atoms with Gasteiger partial charge in [0.15, 0.2) is 0 Å². The molecule has 0 aliphatic carbocycles. The minimum absolute atomic E-state index is 0.264. The molecule has 2 aromatic carbocycles. The van der Waals surface area contributed by atoms with Crippen molar-refractivity contribution in [2.45, 2.75) is 52.1 Å². The van der Waals surface area contributed by atoms with Crippen molar-refractivity contribution in [3.05, 3.63) is 46.9 Å². The Morgan fingerprint density at radius 1 is 1.06 bits per heavy atom. The summed E-state index contributed by atoms with van der Waals surface area (Å²) in [5.74, 6) is 0.862. The zero-order valence-electron chi connectivity index (χ0n) is 19.3. The summed E-state index contributed by atoms with van der Waals surface area (Å²) in [6.07, 6.45) is 3.79. The molecule has 0 saturated carbocycles. The van der Waals surface area contributed by atoms with Crippen LogP contribution in [-0.4, -0.2) is 47.0 Å². The van der Waals surface area contributed by atoms with Gasteiger partial charge in [0.1, 0.15) is 11.4 Å². The van der Waals surface area contributed by atoms with Crippen LogP contribution in [0.4, 0.5) is 4.79 Å². The molecule has 0 fully saturated rings. The van der Waals surface area contributed by atoms with E-state index in [0.29, 0.717) is 13.2 Å². The normalized spacial score (nSPS) is 11.5. The Morgan fingerprint density at radius 2 is 1.78 bits per heavy atom. The van der Waals surface area contributed by atoms with Crippen LogP contribution in [0.2, 0.25) is 0 Å². The van der Waals surface area contributed by atoms with E-state index in [1.807, 2.05) is 57.2 Å². The van der Waals surface area contributed by atoms with E-state index >= 15 is 0 Å². The molecule has 0 radical (unpaired) electrons. The maximum atomic E-state index is 11.9. The maximum absolute atomic E-state index is 11.9. The molecule has 172 valence electrons. The van der Waals surface area contributed by atoms with Gasteiger partial charge in [-0.2, -0.15) is 5.10 Å². The van der Waals surface area contributed by atoms with Crippen LogP contribution in [0.5, 0.6) is 5.75 Å². The SMILES string of the molecule is CN(CCCCCCOc1ccc(-c2n[nH]c3cc(Br)ccc23)cc1)C(=O)OC(C)(C)C. The number of rotatable bonds is 9. The quantitative estimate of drug-likeness (QED) is 0.327. The Hall–Kier alpha value is -2.54. The predicted octanol–water partition coefficient (Wildman–Crippen LogP) is 6.80. The van der Waals surface area contributed by atoms with E-state index in [0.717, 1.165) is 58.1 Å². The number of carbonyl (C=O) groups excluding carboxylic acids is 1. The van der Waals surface area contributed by atoms with Gasteiger partial charge in [-0.25, -0.2) is 4.79 Å². The van der Waals surface area contributed by atoms with Crippen molar-refractivity contribution in [3.63, 3.8) is 0 Å². The Bertz CT molecular complexity index is 1030. The molecular formula is C25H32BrN3O3. The van der Waals surface area contributed by atoms with Crippen LogP contribution in [0.15, 0.2) is 46.9 Å². The number of aromatic amines is 1. The van der Waals surface area contributed by atoms with Gasteiger partial charge in [0.25, 0.3) is 0 Å². The van der Waals surface area contributed by atoms with Gasteiger partial charge in [-0.3, -0.25) is 5.10 Å². The largest absolute Gasteiger partial charge is 0.494 e. The molecule has 0 aliphatic heterocycles. The van der Waals surface area contributed by atoms with E-state index < -0.39 is 5.60 Å². The molecule has 3 aromatic rings. The highest BCUT2D eigenvalue weighted by molar-refractivity contribution is 9.10. The number of nitrogens with zero attached hydrogens (tertiary/aromatic N) is 2. The van der Waals surface area contributed by atoms with Crippen LogP contribution in [0.1, 0.15) is 46.5 Å². The van der Waals surface area contributed by atoms with Crippen LogP contribution in [-0.2, 0) is 4.74 Å². The standard InChI is InChI=1S/C25H32BrN3O3/c1-25(2,3)32-24(30)29(4)15-7-5-6-8-16-31-20-12-9-18(10-13-20)23-21-14-11-19(26)17-22(21)27-28-23/h9-14,17H,5-8,15-16H2,1-4H3,(H,27,28). The molecular weight excluding hydrogens is 470 g/mol. The Balaban J connectivity index is 1.36. The molecule has 7 heteroatoms. The number of benzene rings is 2. The second-order valence-electron chi connectivity index (χ2n) is 8.95. The molecule has 1 N–H and O–H groups in total. The summed E-state index contributed by atoms with van der Waals surface area (Å²) in [7, 11) is 1.78. The van der Waals surface area contributed by atoms with E-state index in [1.165, 1.54) is 0 Å². The van der Waals surface area contributed by atoms with Gasteiger partial charge in [-0.15, -0.1) is 0 Å². The number of H-pyrrole nitrogens is 1. The smallest absolute Gasteiger partial charge is 0.410 e. The molecule has 3 rings (SSSR count). The van der Waals surface area contributed by atoms with Gasteiger partial charge in [0.05, 0.1) is 17.8 Å². The van der Waals surface area contributed by atoms with Gasteiger partial charge in [-0.1, -0.05) is 28.8 Å². The van der Waals surface area contributed by atoms with Crippen molar-refractivity contribution >= 4 is 32.9 Å². The number of aromatic nitrogens is 2. The van der Waals surface area contributed by atoms with E-state index in [1.54, 1.807) is 11.9 Å². The molecule has 0 aliphatic rings. The van der Waals surface area contributed by atoms with Crippen molar-refractivity contribution in [1.29, 1.82) is 0 Å². The average Bonchev–Trinajstić information content (AvgIpc) is 3.15. The Labute approximate surface area is 198 Å². The van der Waals surface area contributed by atoms with Gasteiger partial charge >= 0.3 is 6.09 Å². The molecule has 6 nitrogen and oxygen atoms in total. The molecule has 0 unspecified atom stereocenters. The van der Waals surface area contributed by atoms with Crippen LogP contribution >= 0.6 is 15.9 Å². The summed E-state index contributed by atoms with van der Waals surface area (Å²) in [6, 6.07) is 14.2. The van der Waals surface area contributed by atoms with E-state index in [4.69, 9.17) is 9.47 Å². The number of ether oxygens (including phenoxy) is 2. The fraction of sp³-hybridized carbons (Fsp3) is 0.440. The predicted molar refractivity (Wildman–Crippen MR) is 132 cm³/mol. The number of nitrogens with one attached hydrogen (secondary N) is 1. The number of hydrogen-bond donors (Lipinski definition) is 1. The molecule has 0 spiro atoms. The molecule has 1 aromatic heterocycles.